The van der Waals surface area contributed by atoms with E-state index in [0.29, 0.717) is 37.7 Å². The second-order valence-electron chi connectivity index (χ2n) is 6.65. The topological polar surface area (TPSA) is 43.4 Å². The fourth-order valence-electron chi connectivity index (χ4n) is 3.77. The number of hydrogen-bond donors (Lipinski definition) is 0. The average Bonchev–Trinajstić information content (AvgIpc) is 2.47. The Kier molecular flexibility index (Phi) is 7.49. The van der Waals surface area contributed by atoms with Crippen molar-refractivity contribution < 1.29 is 25.6 Å². The summed E-state index contributed by atoms with van der Waals surface area (Å²) in [5, 5.41) is 0. The molecule has 1 aromatic rings. The first-order chi connectivity index (χ1) is 11.5. The van der Waals surface area contributed by atoms with Crippen molar-refractivity contribution in [2.75, 3.05) is 18.5 Å². The Bertz CT molecular complexity index is 625. The van der Waals surface area contributed by atoms with Gasteiger partial charge in [-0.15, -0.1) is 0 Å². The zero-order valence-electron chi connectivity index (χ0n) is 15.1. The van der Waals surface area contributed by atoms with Crippen LogP contribution in [0.4, 0.5) is 13.2 Å². The second kappa shape index (κ2) is 8.36. The Morgan fingerprint density at radius 3 is 1.72 bits per heavy atom. The summed E-state index contributed by atoms with van der Waals surface area (Å²) in [7, 11) is -5.64. The zero-order chi connectivity index (χ0) is 19.2. The molecule has 8 heteroatoms. The van der Waals surface area contributed by atoms with E-state index in [9.17, 15) is 21.6 Å². The van der Waals surface area contributed by atoms with Crippen molar-refractivity contribution in [2.24, 2.45) is 0 Å². The quantitative estimate of drug-likeness (QED) is 0.371. The van der Waals surface area contributed by atoms with Gasteiger partial charge < -0.3 is 0 Å². The van der Waals surface area contributed by atoms with E-state index in [1.54, 1.807) is 0 Å². The second-order valence-corrected chi connectivity index (χ2v) is 14.0. The van der Waals surface area contributed by atoms with Gasteiger partial charge in [0.15, 0.2) is 0 Å². The van der Waals surface area contributed by atoms with Gasteiger partial charge in [-0.3, -0.25) is 0 Å². The summed E-state index contributed by atoms with van der Waals surface area (Å²) >= 11 is 0. The standard InChI is InChI=1S/C17H28F3O3PS/c1-4-12-24(13-5-2,14-6-3,15-16-10-8-7-9-11-16)23-25(21,22)17(18,19)20/h7-11H,4-6,12-15H2,1-3H3. The summed E-state index contributed by atoms with van der Waals surface area (Å²) in [6.45, 7) is 1.95. The van der Waals surface area contributed by atoms with E-state index in [1.165, 1.54) is 0 Å². The van der Waals surface area contributed by atoms with E-state index in [1.807, 2.05) is 51.1 Å². The molecule has 0 unspecified atom stereocenters. The van der Waals surface area contributed by atoms with Crippen LogP contribution in [-0.4, -0.2) is 32.4 Å². The molecule has 0 radical (unpaired) electrons. The Morgan fingerprint density at radius 2 is 1.36 bits per heavy atom. The molecule has 0 saturated heterocycles. The van der Waals surface area contributed by atoms with Gasteiger partial charge in [-0.1, -0.05) is 0 Å². The van der Waals surface area contributed by atoms with Crippen LogP contribution in [-0.2, 0) is 20.3 Å². The summed E-state index contributed by atoms with van der Waals surface area (Å²) < 4.78 is 68.5. The van der Waals surface area contributed by atoms with Crippen molar-refractivity contribution >= 4 is 16.9 Å². The first-order valence-electron chi connectivity index (χ1n) is 8.60. The summed E-state index contributed by atoms with van der Waals surface area (Å²) in [6, 6.07) is 9.09. The normalized spacial score (nSPS) is 14.9. The summed E-state index contributed by atoms with van der Waals surface area (Å²) in [4.78, 5) is 0. The van der Waals surface area contributed by atoms with Crippen LogP contribution in [0.15, 0.2) is 30.3 Å². The van der Waals surface area contributed by atoms with Gasteiger partial charge in [0.25, 0.3) is 0 Å². The van der Waals surface area contributed by atoms with Gasteiger partial charge in [0.1, 0.15) is 0 Å². The molecule has 0 bridgehead atoms. The van der Waals surface area contributed by atoms with Crippen LogP contribution in [0, 0.1) is 0 Å². The number of alkyl halides is 3. The Hall–Kier alpha value is -0.650. The van der Waals surface area contributed by atoms with E-state index < -0.39 is 22.5 Å². The van der Waals surface area contributed by atoms with Crippen molar-refractivity contribution in [3.05, 3.63) is 35.9 Å². The van der Waals surface area contributed by atoms with Crippen LogP contribution in [0.5, 0.6) is 0 Å². The third kappa shape index (κ3) is 5.41. The zero-order valence-corrected chi connectivity index (χ0v) is 16.8. The molecular weight excluding hydrogens is 372 g/mol. The molecule has 0 aliphatic rings. The van der Waals surface area contributed by atoms with Crippen molar-refractivity contribution in [2.45, 2.75) is 51.7 Å². The van der Waals surface area contributed by atoms with E-state index >= 15 is 0 Å². The minimum atomic E-state index is -5.64. The van der Waals surface area contributed by atoms with Gasteiger partial charge in [-0.05, 0) is 0 Å². The van der Waals surface area contributed by atoms with Crippen molar-refractivity contribution in [1.82, 2.24) is 0 Å². The van der Waals surface area contributed by atoms with Gasteiger partial charge >= 0.3 is 149 Å². The first-order valence-corrected chi connectivity index (χ1v) is 12.9. The Morgan fingerprint density at radius 1 is 0.920 bits per heavy atom. The van der Waals surface area contributed by atoms with Crippen molar-refractivity contribution in [1.29, 1.82) is 0 Å². The molecule has 0 saturated carbocycles. The van der Waals surface area contributed by atoms with Crippen LogP contribution in [0.2, 0.25) is 0 Å². The fourth-order valence-corrected chi connectivity index (χ4v) is 13.1. The van der Waals surface area contributed by atoms with Crippen LogP contribution in [0.1, 0.15) is 45.6 Å². The summed E-state index contributed by atoms with van der Waals surface area (Å²) in [5.41, 5.74) is -4.57. The minimum absolute atomic E-state index is 0.261. The molecule has 0 fully saturated rings. The molecule has 1 aromatic carbocycles. The molecule has 0 aliphatic heterocycles. The van der Waals surface area contributed by atoms with Crippen molar-refractivity contribution in [3.8, 4) is 0 Å². The number of rotatable bonds is 10. The molecule has 0 amide bonds. The SMILES string of the molecule is CCCP(CCC)(CCC)(Cc1ccccc1)OS(=O)(=O)C(F)(F)F. The molecule has 25 heavy (non-hydrogen) atoms. The summed E-state index contributed by atoms with van der Waals surface area (Å²) in [6.07, 6.45) is 3.12. The molecule has 0 aliphatic carbocycles. The Balaban J connectivity index is 3.54. The molecular formula is C17H28F3O3PS. The Labute approximate surface area is 149 Å². The molecule has 146 valence electrons. The predicted molar refractivity (Wildman–Crippen MR) is 98.6 cm³/mol. The van der Waals surface area contributed by atoms with E-state index in [2.05, 4.69) is 0 Å². The molecule has 3 nitrogen and oxygen atoms in total. The maximum absolute atomic E-state index is 13.1. The summed E-state index contributed by atoms with van der Waals surface area (Å²) in [5.74, 6) is 0. The van der Waals surface area contributed by atoms with Gasteiger partial charge in [0.2, 0.25) is 0 Å². The van der Waals surface area contributed by atoms with E-state index in [0.717, 1.165) is 5.56 Å². The molecule has 0 N–H and O–H groups in total. The monoisotopic (exact) mass is 400 g/mol. The van der Waals surface area contributed by atoms with Gasteiger partial charge in [-0.2, -0.15) is 0 Å². The molecule has 0 heterocycles. The van der Waals surface area contributed by atoms with Gasteiger partial charge in [0, 0.05) is 0 Å². The number of benzene rings is 1. The molecule has 0 atom stereocenters. The molecule has 0 spiro atoms. The van der Waals surface area contributed by atoms with Crippen LogP contribution < -0.4 is 0 Å². The first kappa shape index (κ1) is 22.4. The molecule has 0 aromatic heterocycles. The van der Waals surface area contributed by atoms with Crippen LogP contribution in [0.25, 0.3) is 0 Å². The van der Waals surface area contributed by atoms with Gasteiger partial charge in [0.05, 0.1) is 0 Å². The third-order valence-electron chi connectivity index (χ3n) is 4.39. The predicted octanol–water partition coefficient (Wildman–Crippen LogP) is 5.75. The number of halogens is 3. The average molecular weight is 400 g/mol. The van der Waals surface area contributed by atoms with E-state index in [4.69, 9.17) is 3.97 Å². The van der Waals surface area contributed by atoms with Crippen molar-refractivity contribution in [3.63, 3.8) is 0 Å². The maximum atomic E-state index is 13.1. The third-order valence-corrected chi connectivity index (χ3v) is 13.3. The van der Waals surface area contributed by atoms with E-state index in [-0.39, 0.29) is 6.16 Å². The number of hydrogen-bond acceptors (Lipinski definition) is 3. The van der Waals surface area contributed by atoms with Crippen LogP contribution in [0.3, 0.4) is 0 Å². The van der Waals surface area contributed by atoms with Crippen LogP contribution >= 0.6 is 6.83 Å². The van der Waals surface area contributed by atoms with Gasteiger partial charge in [-0.25, -0.2) is 0 Å². The molecule has 1 rings (SSSR count). The fraction of sp³-hybridized carbons (Fsp3) is 0.647.